The van der Waals surface area contributed by atoms with Gasteiger partial charge < -0.3 is 4.57 Å². The Bertz CT molecular complexity index is 2380. The summed E-state index contributed by atoms with van der Waals surface area (Å²) in [6, 6.07) is 49.2. The molecule has 1 aliphatic carbocycles. The van der Waals surface area contributed by atoms with E-state index in [-0.39, 0.29) is 5.41 Å². The fraction of sp³-hybridized carbons (Fsp3) is 0.0714. The number of rotatable bonds is 4. The first-order valence-corrected chi connectivity index (χ1v) is 15.7. The van der Waals surface area contributed by atoms with Gasteiger partial charge in [0.05, 0.1) is 28.1 Å². The van der Waals surface area contributed by atoms with Gasteiger partial charge >= 0.3 is 0 Å². The highest BCUT2D eigenvalue weighted by atomic mass is 15.0. The average Bonchev–Trinajstić information content (AvgIpc) is 3.57. The molecule has 5 aromatic carbocycles. The number of nitrogens with zero attached hydrogens (tertiary/aromatic N) is 4. The molecule has 4 heteroatoms. The lowest BCUT2D eigenvalue weighted by atomic mass is 9.81. The summed E-state index contributed by atoms with van der Waals surface area (Å²) < 4.78 is 2.35. The van der Waals surface area contributed by atoms with Gasteiger partial charge in [0, 0.05) is 55.9 Å². The first-order chi connectivity index (χ1) is 22.6. The molecule has 0 saturated carbocycles. The zero-order chi connectivity index (χ0) is 30.8. The Morgan fingerprint density at radius 3 is 1.93 bits per heavy atom. The third-order valence-corrected chi connectivity index (χ3v) is 9.45. The number of para-hydroxylation sites is 2. The van der Waals surface area contributed by atoms with Crippen LogP contribution in [0.15, 0.2) is 146 Å². The molecule has 0 radical (unpaired) electrons. The second-order valence-electron chi connectivity index (χ2n) is 12.5. The fourth-order valence-electron chi connectivity index (χ4n) is 7.28. The van der Waals surface area contributed by atoms with E-state index in [2.05, 4.69) is 145 Å². The molecule has 0 atom stereocenters. The zero-order valence-corrected chi connectivity index (χ0v) is 25.6. The van der Waals surface area contributed by atoms with Crippen LogP contribution < -0.4 is 0 Å². The molecule has 0 amide bonds. The Kier molecular flexibility index (Phi) is 5.81. The van der Waals surface area contributed by atoms with Crippen molar-refractivity contribution < 1.29 is 0 Å². The summed E-state index contributed by atoms with van der Waals surface area (Å²) in [5.74, 6) is 0.713. The smallest absolute Gasteiger partial charge is 0.160 e. The summed E-state index contributed by atoms with van der Waals surface area (Å²) in [7, 11) is 0. The molecule has 0 bridgehead atoms. The van der Waals surface area contributed by atoms with Gasteiger partial charge in [0.25, 0.3) is 0 Å². The van der Waals surface area contributed by atoms with Gasteiger partial charge in [-0.1, -0.05) is 111 Å². The minimum Gasteiger partial charge on any atom is -0.309 e. The summed E-state index contributed by atoms with van der Waals surface area (Å²) in [5, 5.41) is 2.51. The number of hydrogen-bond acceptors (Lipinski definition) is 3. The number of fused-ring (bicyclic) bond motifs is 6. The fourth-order valence-corrected chi connectivity index (χ4v) is 7.28. The highest BCUT2D eigenvalue weighted by molar-refractivity contribution is 6.09. The predicted molar refractivity (Wildman–Crippen MR) is 188 cm³/mol. The molecule has 9 rings (SSSR count). The summed E-state index contributed by atoms with van der Waals surface area (Å²) in [4.78, 5) is 15.2. The maximum atomic E-state index is 5.35. The van der Waals surface area contributed by atoms with Crippen LogP contribution in [0.1, 0.15) is 25.0 Å². The molecule has 1 aliphatic rings. The van der Waals surface area contributed by atoms with Gasteiger partial charge in [-0.25, -0.2) is 9.97 Å². The molecule has 3 aromatic heterocycles. The predicted octanol–water partition coefficient (Wildman–Crippen LogP) is 10.3. The molecule has 0 unspecified atom stereocenters. The van der Waals surface area contributed by atoms with Crippen LogP contribution in [0.5, 0.6) is 0 Å². The minimum atomic E-state index is -0.249. The van der Waals surface area contributed by atoms with Crippen molar-refractivity contribution in [1.82, 2.24) is 19.5 Å². The van der Waals surface area contributed by atoms with E-state index in [4.69, 9.17) is 9.97 Å². The summed E-state index contributed by atoms with van der Waals surface area (Å²) >= 11 is 0. The van der Waals surface area contributed by atoms with Gasteiger partial charge in [-0.2, -0.15) is 0 Å². The van der Waals surface area contributed by atoms with Gasteiger partial charge in [0.2, 0.25) is 0 Å². The topological polar surface area (TPSA) is 43.6 Å². The second kappa shape index (κ2) is 10.1. The number of pyridine rings is 1. The quantitative estimate of drug-likeness (QED) is 0.205. The second-order valence-corrected chi connectivity index (χ2v) is 12.5. The monoisotopic (exact) mass is 590 g/mol. The van der Waals surface area contributed by atoms with Crippen LogP contribution in [0.4, 0.5) is 0 Å². The van der Waals surface area contributed by atoms with Gasteiger partial charge in [0.1, 0.15) is 0 Å². The first-order valence-electron chi connectivity index (χ1n) is 15.7. The average molecular weight is 591 g/mol. The standard InChI is InChI=1S/C42H30N4/c1-42(2)34-17-6-3-16-33(34)40-38(42)39(44-41(45-40)29-13-11-12-28(26-29)35-18-9-10-25-43-35)27-21-23-30(24-22-27)46-36-19-7-4-14-31(36)32-15-5-8-20-37(32)46/h3-26H,1-2H3. The van der Waals surface area contributed by atoms with E-state index in [1.165, 1.54) is 38.5 Å². The van der Waals surface area contributed by atoms with E-state index in [9.17, 15) is 0 Å². The molecule has 46 heavy (non-hydrogen) atoms. The summed E-state index contributed by atoms with van der Waals surface area (Å²) in [6.45, 7) is 4.58. The molecule has 3 heterocycles. The molecule has 0 fully saturated rings. The lowest BCUT2D eigenvalue weighted by Crippen LogP contribution is -2.17. The van der Waals surface area contributed by atoms with Crippen molar-refractivity contribution >= 4 is 21.8 Å². The summed E-state index contributed by atoms with van der Waals surface area (Å²) in [6.07, 6.45) is 1.83. The minimum absolute atomic E-state index is 0.249. The Hall–Kier alpha value is -5.87. The number of aromatic nitrogens is 4. The van der Waals surface area contributed by atoms with Crippen molar-refractivity contribution in [2.45, 2.75) is 19.3 Å². The highest BCUT2D eigenvalue weighted by Gasteiger charge is 2.40. The molecular weight excluding hydrogens is 560 g/mol. The lowest BCUT2D eigenvalue weighted by molar-refractivity contribution is 0.658. The van der Waals surface area contributed by atoms with Gasteiger partial charge in [-0.3, -0.25) is 4.98 Å². The molecule has 8 aromatic rings. The van der Waals surface area contributed by atoms with Crippen LogP contribution in [0.3, 0.4) is 0 Å². The van der Waals surface area contributed by atoms with Crippen molar-refractivity contribution in [2.24, 2.45) is 0 Å². The van der Waals surface area contributed by atoms with Gasteiger partial charge in [-0.05, 0) is 48.0 Å². The Morgan fingerprint density at radius 1 is 0.543 bits per heavy atom. The highest BCUT2D eigenvalue weighted by Crippen LogP contribution is 2.51. The number of benzene rings is 5. The number of hydrogen-bond donors (Lipinski definition) is 0. The lowest BCUT2D eigenvalue weighted by Gasteiger charge is -2.24. The van der Waals surface area contributed by atoms with E-state index < -0.39 is 0 Å². The van der Waals surface area contributed by atoms with E-state index in [0.717, 1.165) is 39.5 Å². The molecule has 0 aliphatic heterocycles. The van der Waals surface area contributed by atoms with Gasteiger partial charge in [0.15, 0.2) is 5.82 Å². The van der Waals surface area contributed by atoms with Crippen LogP contribution in [0.2, 0.25) is 0 Å². The van der Waals surface area contributed by atoms with Crippen molar-refractivity contribution in [3.63, 3.8) is 0 Å². The molecule has 0 N–H and O–H groups in total. The zero-order valence-electron chi connectivity index (χ0n) is 25.6. The maximum Gasteiger partial charge on any atom is 0.160 e. The largest absolute Gasteiger partial charge is 0.309 e. The molecule has 0 spiro atoms. The van der Waals surface area contributed by atoms with Crippen LogP contribution in [-0.4, -0.2) is 19.5 Å². The molecule has 218 valence electrons. The third kappa shape index (κ3) is 3.97. The van der Waals surface area contributed by atoms with E-state index >= 15 is 0 Å². The Balaban J connectivity index is 1.24. The maximum absolute atomic E-state index is 5.35. The van der Waals surface area contributed by atoms with Crippen molar-refractivity contribution in [3.05, 3.63) is 157 Å². The SMILES string of the molecule is CC1(C)c2ccccc2-c2nc(-c3cccc(-c4ccccn4)c3)nc(-c3ccc(-n4c5ccccc5c5ccccc54)cc3)c21. The van der Waals surface area contributed by atoms with Crippen molar-refractivity contribution in [1.29, 1.82) is 0 Å². The summed E-state index contributed by atoms with van der Waals surface area (Å²) in [5.41, 5.74) is 12.9. The van der Waals surface area contributed by atoms with Crippen molar-refractivity contribution in [3.8, 4) is 50.8 Å². The van der Waals surface area contributed by atoms with Crippen molar-refractivity contribution in [2.75, 3.05) is 0 Å². The Labute approximate surface area is 267 Å². The van der Waals surface area contributed by atoms with Gasteiger partial charge in [-0.15, -0.1) is 0 Å². The van der Waals surface area contributed by atoms with E-state index in [1.807, 2.05) is 24.4 Å². The van der Waals surface area contributed by atoms with Crippen LogP contribution in [-0.2, 0) is 5.41 Å². The molecular formula is C42H30N4. The Morgan fingerprint density at radius 2 is 1.20 bits per heavy atom. The van der Waals surface area contributed by atoms with E-state index in [0.29, 0.717) is 5.82 Å². The van der Waals surface area contributed by atoms with E-state index in [1.54, 1.807) is 0 Å². The molecule has 4 nitrogen and oxygen atoms in total. The van der Waals surface area contributed by atoms with Crippen LogP contribution in [0.25, 0.3) is 72.7 Å². The van der Waals surface area contributed by atoms with Crippen LogP contribution in [0, 0.1) is 0 Å². The molecule has 0 saturated heterocycles. The first kappa shape index (κ1) is 26.5. The normalized spacial score (nSPS) is 13.2. The van der Waals surface area contributed by atoms with Crippen LogP contribution >= 0.6 is 0 Å². The third-order valence-electron chi connectivity index (χ3n) is 9.45.